The van der Waals surface area contributed by atoms with Gasteiger partial charge in [0.05, 0.1) is 0 Å². The number of ether oxygens (including phenoxy) is 1. The summed E-state index contributed by atoms with van der Waals surface area (Å²) < 4.78 is 5.56. The highest BCUT2D eigenvalue weighted by Crippen LogP contribution is 2.17. The highest BCUT2D eigenvalue weighted by atomic mass is 35.5. The van der Waals surface area contributed by atoms with E-state index in [-0.39, 0.29) is 12.5 Å². The van der Waals surface area contributed by atoms with Crippen LogP contribution in [0.1, 0.15) is 5.56 Å². The maximum atomic E-state index is 12.0. The van der Waals surface area contributed by atoms with E-state index in [1.807, 2.05) is 24.3 Å². The van der Waals surface area contributed by atoms with Crippen molar-refractivity contribution in [2.24, 2.45) is 0 Å². The largest absolute Gasteiger partial charge is 0.484 e. The van der Waals surface area contributed by atoms with E-state index in [2.05, 4.69) is 22.2 Å². The highest BCUT2D eigenvalue weighted by Gasteiger charge is 2.17. The molecule has 1 heterocycles. The third-order valence-electron chi connectivity index (χ3n) is 4.37. The number of piperazine rings is 1. The predicted octanol–water partition coefficient (Wildman–Crippen LogP) is 3.28. The first-order valence-electron chi connectivity index (χ1n) is 8.77. The van der Waals surface area contributed by atoms with Crippen LogP contribution in [0.15, 0.2) is 48.5 Å². The molecule has 1 saturated heterocycles. The van der Waals surface area contributed by atoms with Crippen LogP contribution in [0.2, 0.25) is 5.02 Å². The molecule has 0 atom stereocenters. The van der Waals surface area contributed by atoms with Crippen LogP contribution in [0, 0.1) is 0 Å². The first-order chi connectivity index (χ1) is 13.0. The monoisotopic (exact) mass is 403 g/mol. The SMILES string of the molecule is CN1CCN(C(=S)c2ccc(OCC(=O)Nc3cccc(Cl)c3)cc2)CC1. The molecule has 3 rings (SSSR count). The lowest BCUT2D eigenvalue weighted by atomic mass is 10.2. The quantitative estimate of drug-likeness (QED) is 0.776. The van der Waals surface area contributed by atoms with Crippen LogP contribution in [-0.4, -0.2) is 60.5 Å². The average molecular weight is 404 g/mol. The van der Waals surface area contributed by atoms with E-state index in [9.17, 15) is 4.79 Å². The normalized spacial score (nSPS) is 14.7. The number of amides is 1. The number of nitrogens with zero attached hydrogens (tertiary/aromatic N) is 2. The van der Waals surface area contributed by atoms with Gasteiger partial charge in [0.2, 0.25) is 0 Å². The van der Waals surface area contributed by atoms with Gasteiger partial charge in [0, 0.05) is 42.5 Å². The van der Waals surface area contributed by atoms with Crippen LogP contribution in [0.5, 0.6) is 5.75 Å². The van der Waals surface area contributed by atoms with E-state index in [4.69, 9.17) is 28.6 Å². The number of nitrogens with one attached hydrogen (secondary N) is 1. The Kier molecular flexibility index (Phi) is 6.66. The van der Waals surface area contributed by atoms with Gasteiger partial charge in [-0.05, 0) is 49.5 Å². The van der Waals surface area contributed by atoms with Crippen molar-refractivity contribution in [1.82, 2.24) is 9.80 Å². The number of benzene rings is 2. The topological polar surface area (TPSA) is 44.8 Å². The molecule has 0 spiro atoms. The molecule has 0 unspecified atom stereocenters. The summed E-state index contributed by atoms with van der Waals surface area (Å²) in [5.74, 6) is 0.385. The van der Waals surface area contributed by atoms with Crippen molar-refractivity contribution >= 4 is 40.4 Å². The molecule has 0 saturated carbocycles. The molecule has 1 aliphatic heterocycles. The first-order valence-corrected chi connectivity index (χ1v) is 9.56. The summed E-state index contributed by atoms with van der Waals surface area (Å²) in [6, 6.07) is 14.5. The standard InChI is InChI=1S/C20H22ClN3O2S/c1-23-9-11-24(12-10-23)20(27)15-5-7-18(8-6-15)26-14-19(25)22-17-4-2-3-16(21)13-17/h2-8,13H,9-12,14H2,1H3,(H,22,25). The Balaban J connectivity index is 1.50. The molecule has 27 heavy (non-hydrogen) atoms. The number of rotatable bonds is 5. The summed E-state index contributed by atoms with van der Waals surface area (Å²) >= 11 is 11.5. The van der Waals surface area contributed by atoms with Crippen LogP contribution >= 0.6 is 23.8 Å². The molecular weight excluding hydrogens is 382 g/mol. The zero-order valence-corrected chi connectivity index (χ0v) is 16.7. The smallest absolute Gasteiger partial charge is 0.262 e. The van der Waals surface area contributed by atoms with Gasteiger partial charge in [0.1, 0.15) is 10.7 Å². The molecule has 0 radical (unpaired) electrons. The molecule has 2 aromatic rings. The molecule has 0 aromatic heterocycles. The molecule has 5 nitrogen and oxygen atoms in total. The molecule has 142 valence electrons. The zero-order valence-electron chi connectivity index (χ0n) is 15.2. The number of anilines is 1. The summed E-state index contributed by atoms with van der Waals surface area (Å²) in [6.07, 6.45) is 0. The summed E-state index contributed by atoms with van der Waals surface area (Å²) in [5, 5.41) is 3.32. The number of hydrogen-bond acceptors (Lipinski definition) is 4. The maximum Gasteiger partial charge on any atom is 0.262 e. The lowest BCUT2D eigenvalue weighted by Gasteiger charge is -2.34. The van der Waals surface area contributed by atoms with Crippen molar-refractivity contribution in [2.75, 3.05) is 45.2 Å². The molecule has 0 bridgehead atoms. The van der Waals surface area contributed by atoms with Gasteiger partial charge in [-0.3, -0.25) is 4.79 Å². The van der Waals surface area contributed by atoms with Gasteiger partial charge in [-0.15, -0.1) is 0 Å². The predicted molar refractivity (Wildman–Crippen MR) is 113 cm³/mol. The van der Waals surface area contributed by atoms with Crippen molar-refractivity contribution < 1.29 is 9.53 Å². The van der Waals surface area contributed by atoms with Crippen molar-refractivity contribution in [3.63, 3.8) is 0 Å². The van der Waals surface area contributed by atoms with E-state index in [1.54, 1.807) is 24.3 Å². The number of thiocarbonyl (C=S) groups is 1. The molecular formula is C20H22ClN3O2S. The van der Waals surface area contributed by atoms with Gasteiger partial charge < -0.3 is 19.9 Å². The van der Waals surface area contributed by atoms with Crippen molar-refractivity contribution in [2.45, 2.75) is 0 Å². The summed E-state index contributed by atoms with van der Waals surface area (Å²) in [4.78, 5) is 17.4. The van der Waals surface area contributed by atoms with Gasteiger partial charge in [-0.2, -0.15) is 0 Å². The lowest BCUT2D eigenvalue weighted by Crippen LogP contribution is -2.46. The Morgan fingerprint density at radius 3 is 2.52 bits per heavy atom. The number of hydrogen-bond donors (Lipinski definition) is 1. The van der Waals surface area contributed by atoms with E-state index in [0.717, 1.165) is 36.7 Å². The van der Waals surface area contributed by atoms with Gasteiger partial charge in [0.15, 0.2) is 6.61 Å². The minimum Gasteiger partial charge on any atom is -0.484 e. The van der Waals surface area contributed by atoms with Crippen LogP contribution in [0.3, 0.4) is 0 Å². The van der Waals surface area contributed by atoms with Gasteiger partial charge in [0.25, 0.3) is 5.91 Å². The van der Waals surface area contributed by atoms with Crippen LogP contribution < -0.4 is 10.1 Å². The number of carbonyl (C=O) groups excluding carboxylic acids is 1. The highest BCUT2D eigenvalue weighted by molar-refractivity contribution is 7.80. The van der Waals surface area contributed by atoms with Crippen LogP contribution in [0.4, 0.5) is 5.69 Å². The van der Waals surface area contributed by atoms with Crippen LogP contribution in [-0.2, 0) is 4.79 Å². The molecule has 2 aromatic carbocycles. The van der Waals surface area contributed by atoms with E-state index >= 15 is 0 Å². The second kappa shape index (κ2) is 9.17. The fourth-order valence-corrected chi connectivity index (χ4v) is 3.31. The second-order valence-corrected chi connectivity index (χ2v) is 7.29. The second-order valence-electron chi connectivity index (χ2n) is 6.47. The Bertz CT molecular complexity index is 805. The number of halogens is 1. The first kappa shape index (κ1) is 19.6. The molecule has 1 amide bonds. The third kappa shape index (κ3) is 5.66. The lowest BCUT2D eigenvalue weighted by molar-refractivity contribution is -0.118. The van der Waals surface area contributed by atoms with Crippen LogP contribution in [0.25, 0.3) is 0 Å². The number of carbonyl (C=O) groups is 1. The molecule has 0 aliphatic carbocycles. The minimum atomic E-state index is -0.241. The molecule has 1 aliphatic rings. The Morgan fingerprint density at radius 1 is 1.15 bits per heavy atom. The Labute approximate surface area is 169 Å². The maximum absolute atomic E-state index is 12.0. The summed E-state index contributed by atoms with van der Waals surface area (Å²) in [7, 11) is 2.12. The molecule has 1 fully saturated rings. The van der Waals surface area contributed by atoms with Crippen molar-refractivity contribution in [1.29, 1.82) is 0 Å². The van der Waals surface area contributed by atoms with E-state index in [0.29, 0.717) is 16.5 Å². The van der Waals surface area contributed by atoms with Crippen molar-refractivity contribution in [3.05, 3.63) is 59.1 Å². The summed E-state index contributed by atoms with van der Waals surface area (Å²) in [5.41, 5.74) is 1.63. The van der Waals surface area contributed by atoms with Gasteiger partial charge >= 0.3 is 0 Å². The van der Waals surface area contributed by atoms with Crippen molar-refractivity contribution in [3.8, 4) is 5.75 Å². The fourth-order valence-electron chi connectivity index (χ4n) is 2.80. The zero-order chi connectivity index (χ0) is 19.2. The van der Waals surface area contributed by atoms with E-state index in [1.165, 1.54) is 0 Å². The molecule has 7 heteroatoms. The van der Waals surface area contributed by atoms with E-state index < -0.39 is 0 Å². The van der Waals surface area contributed by atoms with Gasteiger partial charge in [-0.1, -0.05) is 29.9 Å². The third-order valence-corrected chi connectivity index (χ3v) is 5.10. The number of likely N-dealkylation sites (N-methyl/N-ethyl adjacent to an activating group) is 1. The minimum absolute atomic E-state index is 0.0746. The molecule has 1 N–H and O–H groups in total. The Hall–Kier alpha value is -2.15. The summed E-state index contributed by atoms with van der Waals surface area (Å²) in [6.45, 7) is 3.84. The Morgan fingerprint density at radius 2 is 1.85 bits per heavy atom. The van der Waals surface area contributed by atoms with Gasteiger partial charge in [-0.25, -0.2) is 0 Å². The average Bonchev–Trinajstić information content (AvgIpc) is 2.67. The fraction of sp³-hybridized carbons (Fsp3) is 0.300.